The second kappa shape index (κ2) is 15.4. The van der Waals surface area contributed by atoms with Crippen molar-refractivity contribution in [3.63, 3.8) is 0 Å². The monoisotopic (exact) mass is 526 g/mol. The topological polar surface area (TPSA) is 38.7 Å². The van der Waals surface area contributed by atoms with Gasteiger partial charge in [-0.3, -0.25) is 0 Å². The van der Waals surface area contributed by atoms with Gasteiger partial charge in [0.25, 0.3) is 0 Å². The molecular weight excluding hydrogens is 479 g/mol. The summed E-state index contributed by atoms with van der Waals surface area (Å²) in [6.07, 6.45) is 6.50. The fourth-order valence-electron chi connectivity index (χ4n) is 4.47. The number of rotatable bonds is 17. The summed E-state index contributed by atoms with van der Waals surface area (Å²) in [6.45, 7) is 13.8. The van der Waals surface area contributed by atoms with Crippen molar-refractivity contribution in [2.75, 3.05) is 13.9 Å². The molecule has 1 aromatic carbocycles. The Hall–Kier alpha value is -0.361. The Labute approximate surface area is 190 Å². The third kappa shape index (κ3) is 8.29. The summed E-state index contributed by atoms with van der Waals surface area (Å²) in [5, 5.41) is 11.5. The van der Waals surface area contributed by atoms with E-state index in [1.54, 1.807) is 7.11 Å². The second-order valence-corrected chi connectivity index (χ2v) is 22.2. The quantitative estimate of drug-likeness (QED) is 0.175. The molecule has 3 nitrogen and oxygen atoms in total. The minimum absolute atomic E-state index is 0.0164. The van der Waals surface area contributed by atoms with Crippen molar-refractivity contribution in [1.82, 2.24) is 0 Å². The van der Waals surface area contributed by atoms with Gasteiger partial charge in [-0.15, -0.1) is 0 Å². The first-order valence-corrected chi connectivity index (χ1v) is 19.5. The van der Waals surface area contributed by atoms with Crippen LogP contribution in [-0.4, -0.2) is 49.6 Å². The molecule has 0 fully saturated rings. The third-order valence-electron chi connectivity index (χ3n) is 6.56. The van der Waals surface area contributed by atoms with E-state index >= 15 is 0 Å². The number of methoxy groups -OCH3 is 1. The van der Waals surface area contributed by atoms with E-state index < -0.39 is 24.5 Å². The van der Waals surface area contributed by atoms with Gasteiger partial charge < -0.3 is 0 Å². The van der Waals surface area contributed by atoms with Crippen molar-refractivity contribution < 1.29 is 14.6 Å². The van der Waals surface area contributed by atoms with Crippen LogP contribution in [0.1, 0.15) is 77.7 Å². The van der Waals surface area contributed by atoms with Crippen LogP contribution in [0.5, 0.6) is 0 Å². The van der Waals surface area contributed by atoms with Crippen LogP contribution in [-0.2, 0) is 9.47 Å². The summed E-state index contributed by atoms with van der Waals surface area (Å²) in [4.78, 5) is 0. The van der Waals surface area contributed by atoms with Gasteiger partial charge in [-0.25, -0.2) is 0 Å². The summed E-state index contributed by atoms with van der Waals surface area (Å²) >= 11 is -2.76. The second-order valence-electron chi connectivity index (χ2n) is 8.80. The van der Waals surface area contributed by atoms with Crippen LogP contribution in [0.3, 0.4) is 0 Å². The van der Waals surface area contributed by atoms with Crippen LogP contribution in [0.15, 0.2) is 40.5 Å². The van der Waals surface area contributed by atoms with Gasteiger partial charge in [-0.2, -0.15) is 0 Å². The number of aliphatic hydroxyl groups excluding tert-OH is 1. The number of hydrogen-bond donors (Lipinski definition) is 1. The van der Waals surface area contributed by atoms with Gasteiger partial charge in [-0.1, -0.05) is 0 Å². The van der Waals surface area contributed by atoms with Gasteiger partial charge in [0.15, 0.2) is 0 Å². The SMILES string of the molecule is C=[C]([C@H](OCOC)[C@H](O)[C@@H](C)c1ccccc1)[Sn]([CH2]CCC)([CH2]CCC)[CH2]CCC. The molecule has 0 spiro atoms. The van der Waals surface area contributed by atoms with E-state index in [-0.39, 0.29) is 18.8 Å². The number of unbranched alkanes of at least 4 members (excludes halogenated alkanes) is 3. The van der Waals surface area contributed by atoms with E-state index in [9.17, 15) is 5.11 Å². The molecule has 1 aromatic rings. The average Bonchev–Trinajstić information content (AvgIpc) is 2.78. The molecule has 0 unspecified atom stereocenters. The normalized spacial score (nSPS) is 15.0. The van der Waals surface area contributed by atoms with Gasteiger partial charge >= 0.3 is 191 Å². The molecule has 3 atom stereocenters. The molecule has 0 radical (unpaired) electrons. The van der Waals surface area contributed by atoms with Crippen molar-refractivity contribution >= 4 is 18.4 Å². The molecule has 0 aromatic heterocycles. The van der Waals surface area contributed by atoms with Crippen molar-refractivity contribution in [2.24, 2.45) is 0 Å². The van der Waals surface area contributed by atoms with E-state index in [0.717, 1.165) is 5.56 Å². The van der Waals surface area contributed by atoms with E-state index in [0.29, 0.717) is 0 Å². The summed E-state index contributed by atoms with van der Waals surface area (Å²) in [5.41, 5.74) is 1.14. The zero-order chi connectivity index (χ0) is 22.4. The van der Waals surface area contributed by atoms with Crippen molar-refractivity contribution in [3.8, 4) is 0 Å². The average molecular weight is 525 g/mol. The number of benzene rings is 1. The molecule has 0 saturated heterocycles. The van der Waals surface area contributed by atoms with Crippen molar-refractivity contribution in [1.29, 1.82) is 0 Å². The van der Waals surface area contributed by atoms with E-state index in [4.69, 9.17) is 9.47 Å². The fourth-order valence-corrected chi connectivity index (χ4v) is 20.6. The molecule has 0 saturated carbocycles. The van der Waals surface area contributed by atoms with E-state index in [1.807, 2.05) is 18.2 Å². The Morgan fingerprint density at radius 3 is 1.90 bits per heavy atom. The first-order chi connectivity index (χ1) is 14.5. The predicted molar refractivity (Wildman–Crippen MR) is 132 cm³/mol. The van der Waals surface area contributed by atoms with Crippen LogP contribution < -0.4 is 0 Å². The molecule has 1 rings (SSSR count). The maximum atomic E-state index is 11.5. The molecule has 0 aliphatic carbocycles. The maximum absolute atomic E-state index is 11.5. The molecule has 0 aliphatic heterocycles. The first-order valence-electron chi connectivity index (χ1n) is 12.0. The molecule has 0 bridgehead atoms. The standard InChI is InChI=1S/C14H19O3.3C4H9.Sn/c1-4-13(17-10-16-3)14(15)11(2)12-8-6-5-7-9-12;3*1-3-4-2;/h5-9,11,13-15H,1,10H2,2-3H3;3*1,3-4H2,2H3;/t11-,13-,14+;;;;/m0..../s1. The Morgan fingerprint density at radius 1 is 0.967 bits per heavy atom. The van der Waals surface area contributed by atoms with Gasteiger partial charge in [0.1, 0.15) is 0 Å². The molecule has 4 heteroatoms. The summed E-state index contributed by atoms with van der Waals surface area (Å²) in [7, 11) is 1.65. The van der Waals surface area contributed by atoms with Gasteiger partial charge in [-0.05, 0) is 0 Å². The molecule has 0 amide bonds. The zero-order valence-corrected chi connectivity index (χ0v) is 23.0. The fraction of sp³-hybridized carbons (Fsp3) is 0.692. The van der Waals surface area contributed by atoms with Gasteiger partial charge in [0.2, 0.25) is 0 Å². The molecule has 30 heavy (non-hydrogen) atoms. The summed E-state index contributed by atoms with van der Waals surface area (Å²) in [5.74, 6) is -0.0164. The molecule has 0 aliphatic rings. The third-order valence-corrected chi connectivity index (χ3v) is 22.5. The Kier molecular flexibility index (Phi) is 14.2. The summed E-state index contributed by atoms with van der Waals surface area (Å²) in [6, 6.07) is 10.3. The molecular formula is C26H46O3Sn. The molecule has 0 heterocycles. The number of hydrogen-bond acceptors (Lipinski definition) is 3. The zero-order valence-electron chi connectivity index (χ0n) is 20.2. The van der Waals surface area contributed by atoms with Crippen molar-refractivity contribution in [3.05, 3.63) is 46.1 Å². The Balaban J connectivity index is 3.25. The van der Waals surface area contributed by atoms with Gasteiger partial charge in [0, 0.05) is 0 Å². The van der Waals surface area contributed by atoms with Crippen LogP contribution in [0.4, 0.5) is 0 Å². The van der Waals surface area contributed by atoms with Crippen LogP contribution in [0, 0.1) is 0 Å². The van der Waals surface area contributed by atoms with Gasteiger partial charge in [0.05, 0.1) is 0 Å². The minimum atomic E-state index is -2.76. The van der Waals surface area contributed by atoms with E-state index in [1.165, 1.54) is 55.4 Å². The summed E-state index contributed by atoms with van der Waals surface area (Å²) < 4.78 is 16.7. The van der Waals surface area contributed by atoms with E-state index in [2.05, 4.69) is 46.4 Å². The Morgan fingerprint density at radius 2 is 1.47 bits per heavy atom. The number of ether oxygens (including phenoxy) is 2. The number of aliphatic hydroxyl groups is 1. The first kappa shape index (κ1) is 27.7. The van der Waals surface area contributed by atoms with Crippen LogP contribution in [0.2, 0.25) is 13.3 Å². The van der Waals surface area contributed by atoms with Crippen molar-refractivity contribution in [2.45, 2.75) is 97.7 Å². The molecule has 172 valence electrons. The van der Waals surface area contributed by atoms with Crippen LogP contribution >= 0.6 is 0 Å². The van der Waals surface area contributed by atoms with Crippen LogP contribution in [0.25, 0.3) is 0 Å². The predicted octanol–water partition coefficient (Wildman–Crippen LogP) is 7.08. The Bertz CT molecular complexity index is 553. The molecule has 1 N–H and O–H groups in total.